The highest BCUT2D eigenvalue weighted by atomic mass is 16.6. The lowest BCUT2D eigenvalue weighted by molar-refractivity contribution is -0.161. The van der Waals surface area contributed by atoms with Gasteiger partial charge in [0, 0.05) is 6.42 Å². The van der Waals surface area contributed by atoms with Crippen LogP contribution in [-0.4, -0.2) is 56.6 Å². The van der Waals surface area contributed by atoms with Crippen molar-refractivity contribution < 1.29 is 28.9 Å². The van der Waals surface area contributed by atoms with Crippen molar-refractivity contribution in [1.29, 1.82) is 5.26 Å². The highest BCUT2D eigenvalue weighted by Crippen LogP contribution is 2.41. The fraction of sp³-hybridized carbons (Fsp3) is 0.526. The van der Waals surface area contributed by atoms with E-state index in [0.717, 1.165) is 0 Å². The zero-order valence-corrected chi connectivity index (χ0v) is 16.8. The van der Waals surface area contributed by atoms with Gasteiger partial charge in [0.05, 0.1) is 11.6 Å². The Bertz CT molecular complexity index is 999. The van der Waals surface area contributed by atoms with Gasteiger partial charge >= 0.3 is 11.9 Å². The Morgan fingerprint density at radius 1 is 1.47 bits per heavy atom. The molecule has 2 aromatic rings. The number of nitrogens with zero attached hydrogens (tertiary/aromatic N) is 4. The van der Waals surface area contributed by atoms with Crippen molar-refractivity contribution in [2.24, 2.45) is 5.92 Å². The van der Waals surface area contributed by atoms with Gasteiger partial charge in [-0.2, -0.15) is 10.4 Å². The Balaban J connectivity index is 2.01. The fourth-order valence-electron chi connectivity index (χ4n) is 3.24. The number of hydrogen-bond donors (Lipinski definition) is 2. The molecule has 0 radical (unpaired) electrons. The molecular weight excluding hydrogens is 394 g/mol. The third kappa shape index (κ3) is 3.55. The van der Waals surface area contributed by atoms with Gasteiger partial charge in [-0.1, -0.05) is 20.8 Å². The number of nitrogens with two attached hydrogens (primary N) is 1. The maximum absolute atomic E-state index is 11.9. The Morgan fingerprint density at radius 2 is 2.20 bits per heavy atom. The molecule has 4 atom stereocenters. The number of aliphatic hydroxyl groups excluding tert-OH is 1. The lowest BCUT2D eigenvalue weighted by Crippen LogP contribution is -2.43. The third-order valence-electron chi connectivity index (χ3n) is 4.88. The Hall–Kier alpha value is -3.23. The van der Waals surface area contributed by atoms with Crippen LogP contribution in [0.5, 0.6) is 0 Å². The van der Waals surface area contributed by atoms with E-state index < -0.39 is 35.9 Å². The van der Waals surface area contributed by atoms with Crippen LogP contribution in [0.2, 0.25) is 0 Å². The molecule has 0 spiro atoms. The van der Waals surface area contributed by atoms with E-state index >= 15 is 0 Å². The molecule has 0 aliphatic carbocycles. The minimum atomic E-state index is -1.94. The molecule has 0 bridgehead atoms. The van der Waals surface area contributed by atoms with Gasteiger partial charge in [-0.3, -0.25) is 9.59 Å². The Labute approximate surface area is 172 Å². The number of aliphatic hydroxyl groups is 1. The molecule has 11 heteroatoms. The van der Waals surface area contributed by atoms with Crippen molar-refractivity contribution >= 4 is 23.3 Å². The highest BCUT2D eigenvalue weighted by Gasteiger charge is 2.60. The number of rotatable bonds is 6. The number of esters is 2. The second-order valence-corrected chi connectivity index (χ2v) is 7.20. The highest BCUT2D eigenvalue weighted by molar-refractivity contribution is 5.71. The quantitative estimate of drug-likeness (QED) is 0.625. The Morgan fingerprint density at radius 3 is 2.83 bits per heavy atom. The molecule has 0 saturated carbocycles. The molecule has 1 aliphatic rings. The molecule has 11 nitrogen and oxygen atoms in total. The van der Waals surface area contributed by atoms with Gasteiger partial charge in [-0.05, 0) is 12.1 Å². The second-order valence-electron chi connectivity index (χ2n) is 7.20. The van der Waals surface area contributed by atoms with Crippen LogP contribution in [0.1, 0.15) is 32.9 Å². The number of carbonyl (C=O) groups is 2. The summed E-state index contributed by atoms with van der Waals surface area (Å²) in [6.45, 7) is 4.62. The minimum Gasteiger partial charge on any atom is -0.463 e. The van der Waals surface area contributed by atoms with Crippen molar-refractivity contribution in [2.75, 3.05) is 12.3 Å². The zero-order chi connectivity index (χ0) is 22.1. The fourth-order valence-corrected chi connectivity index (χ4v) is 3.24. The van der Waals surface area contributed by atoms with E-state index in [9.17, 15) is 20.0 Å². The molecular formula is C19H23N5O6. The first-order valence-corrected chi connectivity index (χ1v) is 9.47. The first kappa shape index (κ1) is 21.5. The van der Waals surface area contributed by atoms with E-state index in [0.29, 0.717) is 5.52 Å². The topological polar surface area (TPSA) is 162 Å². The van der Waals surface area contributed by atoms with Crippen LogP contribution in [0, 0.1) is 17.2 Å². The molecule has 1 aliphatic heterocycles. The van der Waals surface area contributed by atoms with Crippen LogP contribution in [0.3, 0.4) is 0 Å². The van der Waals surface area contributed by atoms with Gasteiger partial charge in [0.25, 0.3) is 0 Å². The van der Waals surface area contributed by atoms with Crippen molar-refractivity contribution in [2.45, 2.75) is 51.1 Å². The predicted molar refractivity (Wildman–Crippen MR) is 102 cm³/mol. The van der Waals surface area contributed by atoms with E-state index in [2.05, 4.69) is 10.1 Å². The molecule has 30 heavy (non-hydrogen) atoms. The largest absolute Gasteiger partial charge is 0.463 e. The number of aromatic nitrogens is 3. The maximum atomic E-state index is 11.9. The van der Waals surface area contributed by atoms with Gasteiger partial charge in [0.1, 0.15) is 36.7 Å². The lowest BCUT2D eigenvalue weighted by atomic mass is 9.92. The average Bonchev–Trinajstić information content (AvgIpc) is 3.27. The van der Waals surface area contributed by atoms with Crippen molar-refractivity contribution in [3.63, 3.8) is 0 Å². The second kappa shape index (κ2) is 8.25. The van der Waals surface area contributed by atoms with Crippen LogP contribution in [-0.2, 0) is 29.4 Å². The number of carbonyl (C=O) groups excluding carboxylic acids is 2. The minimum absolute atomic E-state index is 0.0547. The number of hydrogen-bond acceptors (Lipinski definition) is 10. The number of nitrogen functional groups attached to an aromatic ring is 1. The Kier molecular flexibility index (Phi) is 5.91. The molecule has 1 fully saturated rings. The molecule has 2 aromatic heterocycles. The predicted octanol–water partition coefficient (Wildman–Crippen LogP) is 0.311. The summed E-state index contributed by atoms with van der Waals surface area (Å²) < 4.78 is 17.8. The first-order chi connectivity index (χ1) is 14.2. The molecule has 0 aromatic carbocycles. The van der Waals surface area contributed by atoms with Crippen molar-refractivity contribution in [1.82, 2.24) is 14.6 Å². The summed E-state index contributed by atoms with van der Waals surface area (Å²) in [5.41, 5.74) is 4.50. The van der Waals surface area contributed by atoms with E-state index in [1.54, 1.807) is 26.8 Å². The van der Waals surface area contributed by atoms with Crippen LogP contribution in [0.15, 0.2) is 18.5 Å². The maximum Gasteiger partial charge on any atom is 0.308 e. The molecule has 3 rings (SSSR count). The van der Waals surface area contributed by atoms with Gasteiger partial charge in [0.15, 0.2) is 11.9 Å². The van der Waals surface area contributed by atoms with Crippen LogP contribution >= 0.6 is 0 Å². The standard InChI is InChI=1S/C19H23N5O6/c1-4-14(25)29-15-12(7-28-18(27)10(2)3)30-19(8-20,16(15)26)13-6-5-11-17(21)22-9-23-24(11)13/h5-6,9-10,12,15-16,26H,4,7H2,1-3H3,(H2,21,22,23)/t12-,15-,16-,19+/m1/s1. The SMILES string of the molecule is CCC(=O)O[C@H]1[C@@H](O)[C@](C#N)(c2ccc3c(N)ncnn23)O[C@@H]1COC(=O)C(C)C. The molecule has 3 N–H and O–H groups in total. The average molecular weight is 417 g/mol. The summed E-state index contributed by atoms with van der Waals surface area (Å²) in [5, 5.41) is 25.1. The molecule has 1 saturated heterocycles. The normalized spacial score (nSPS) is 25.9. The van der Waals surface area contributed by atoms with Crippen LogP contribution in [0.4, 0.5) is 5.82 Å². The van der Waals surface area contributed by atoms with Crippen LogP contribution in [0.25, 0.3) is 5.52 Å². The zero-order valence-electron chi connectivity index (χ0n) is 16.8. The van der Waals surface area contributed by atoms with Gasteiger partial charge < -0.3 is 25.1 Å². The van der Waals surface area contributed by atoms with Gasteiger partial charge in [-0.15, -0.1) is 0 Å². The summed E-state index contributed by atoms with van der Waals surface area (Å²) in [6, 6.07) is 5.08. The monoisotopic (exact) mass is 417 g/mol. The summed E-state index contributed by atoms with van der Waals surface area (Å²) in [4.78, 5) is 27.7. The van der Waals surface area contributed by atoms with E-state index in [4.69, 9.17) is 19.9 Å². The number of nitriles is 1. The van der Waals surface area contributed by atoms with E-state index in [-0.39, 0.29) is 30.5 Å². The van der Waals surface area contributed by atoms with Crippen molar-refractivity contribution in [3.05, 3.63) is 24.2 Å². The summed E-state index contributed by atoms with van der Waals surface area (Å²) in [6.07, 6.45) is -2.62. The third-order valence-corrected chi connectivity index (χ3v) is 4.88. The van der Waals surface area contributed by atoms with Crippen molar-refractivity contribution in [3.8, 4) is 6.07 Å². The smallest absolute Gasteiger partial charge is 0.308 e. The molecule has 160 valence electrons. The molecule has 0 unspecified atom stereocenters. The summed E-state index contributed by atoms with van der Waals surface area (Å²) in [5.74, 6) is -1.30. The number of ether oxygens (including phenoxy) is 3. The van der Waals surface area contributed by atoms with Crippen LogP contribution < -0.4 is 5.73 Å². The number of fused-ring (bicyclic) bond motifs is 1. The first-order valence-electron chi connectivity index (χ1n) is 9.47. The van der Waals surface area contributed by atoms with E-state index in [1.165, 1.54) is 16.9 Å². The lowest BCUT2D eigenvalue weighted by Gasteiger charge is -2.24. The number of anilines is 1. The van der Waals surface area contributed by atoms with Gasteiger partial charge in [-0.25, -0.2) is 9.50 Å². The van der Waals surface area contributed by atoms with E-state index in [1.807, 2.05) is 6.07 Å². The summed E-state index contributed by atoms with van der Waals surface area (Å²) >= 11 is 0. The van der Waals surface area contributed by atoms with Gasteiger partial charge in [0.2, 0.25) is 5.60 Å². The molecule has 3 heterocycles. The molecule has 0 amide bonds. The summed E-state index contributed by atoms with van der Waals surface area (Å²) in [7, 11) is 0.